The first-order chi connectivity index (χ1) is 12.8. The molecule has 0 saturated carbocycles. The number of alkyl halides is 3. The molecule has 0 amide bonds. The van der Waals surface area contributed by atoms with Gasteiger partial charge in [0, 0.05) is 14.8 Å². The van der Waals surface area contributed by atoms with Gasteiger partial charge in [-0.2, -0.15) is 0 Å². The molecule has 0 unspecified atom stereocenters. The quantitative estimate of drug-likeness (QED) is 0.465. The van der Waals surface area contributed by atoms with Crippen LogP contribution in [0.15, 0.2) is 82.6 Å². The number of hydrogen-bond acceptors (Lipinski definition) is 3. The lowest BCUT2D eigenvalue weighted by molar-refractivity contribution is -0.274. The van der Waals surface area contributed by atoms with Gasteiger partial charge in [0.25, 0.3) is 0 Å². The van der Waals surface area contributed by atoms with Crippen molar-refractivity contribution in [1.29, 1.82) is 0 Å². The van der Waals surface area contributed by atoms with Crippen LogP contribution >= 0.6 is 35.8 Å². The molecule has 3 aromatic carbocycles. The van der Waals surface area contributed by atoms with E-state index in [0.29, 0.717) is 10.6 Å². The van der Waals surface area contributed by atoms with E-state index < -0.39 is 12.4 Å². The molecule has 0 heterocycles. The number of halogens is 5. The molecule has 28 heavy (non-hydrogen) atoms. The Kier molecular flexibility index (Phi) is 7.66. The number of nitrogens with two attached hydrogens (primary N) is 1. The number of rotatable bonds is 5. The summed E-state index contributed by atoms with van der Waals surface area (Å²) in [5.74, 6) is -0.276. The summed E-state index contributed by atoms with van der Waals surface area (Å²) in [7, 11) is 0. The van der Waals surface area contributed by atoms with Gasteiger partial charge in [0.15, 0.2) is 0 Å². The van der Waals surface area contributed by atoms with E-state index in [-0.39, 0.29) is 18.2 Å². The molecule has 0 aliphatic heterocycles. The Labute approximate surface area is 176 Å². The third-order valence-corrected chi connectivity index (χ3v) is 5.12. The zero-order chi connectivity index (χ0) is 19.4. The van der Waals surface area contributed by atoms with Crippen molar-refractivity contribution < 1.29 is 17.9 Å². The van der Waals surface area contributed by atoms with Crippen molar-refractivity contribution in [2.45, 2.75) is 22.2 Å². The SMILES string of the molecule is Cl.N[C@@H](c1ccc(OC(F)(F)F)cc1)c1ccccc1Sc1ccc(Cl)cc1. The Morgan fingerprint density at radius 1 is 0.893 bits per heavy atom. The molecule has 8 heteroatoms. The van der Waals surface area contributed by atoms with E-state index in [4.69, 9.17) is 17.3 Å². The summed E-state index contributed by atoms with van der Waals surface area (Å²) in [6.07, 6.45) is -4.72. The molecular formula is C20H16Cl2F3NOS. The molecular weight excluding hydrogens is 430 g/mol. The lowest BCUT2D eigenvalue weighted by Crippen LogP contribution is -2.17. The van der Waals surface area contributed by atoms with Crippen LogP contribution in [0.2, 0.25) is 5.02 Å². The lowest BCUT2D eigenvalue weighted by Gasteiger charge is -2.17. The van der Waals surface area contributed by atoms with Crippen LogP contribution in [0.3, 0.4) is 0 Å². The molecule has 0 spiro atoms. The van der Waals surface area contributed by atoms with Crippen LogP contribution in [0, 0.1) is 0 Å². The third-order valence-electron chi connectivity index (χ3n) is 3.77. The molecule has 2 nitrogen and oxygen atoms in total. The van der Waals surface area contributed by atoms with Gasteiger partial charge in [-0.05, 0) is 53.6 Å². The van der Waals surface area contributed by atoms with E-state index >= 15 is 0 Å². The van der Waals surface area contributed by atoms with Crippen LogP contribution in [0.4, 0.5) is 13.2 Å². The van der Waals surface area contributed by atoms with Crippen molar-refractivity contribution in [3.8, 4) is 5.75 Å². The van der Waals surface area contributed by atoms with Crippen LogP contribution in [-0.4, -0.2) is 6.36 Å². The van der Waals surface area contributed by atoms with E-state index in [1.165, 1.54) is 24.3 Å². The maximum Gasteiger partial charge on any atom is 0.573 e. The summed E-state index contributed by atoms with van der Waals surface area (Å²) < 4.78 is 40.8. The summed E-state index contributed by atoms with van der Waals surface area (Å²) in [5.41, 5.74) is 7.94. The third kappa shape index (κ3) is 6.07. The summed E-state index contributed by atoms with van der Waals surface area (Å²) in [6, 6.07) is 20.2. The van der Waals surface area contributed by atoms with Crippen molar-refractivity contribution >= 4 is 35.8 Å². The molecule has 3 aromatic rings. The second-order valence-electron chi connectivity index (χ2n) is 5.69. The average molecular weight is 446 g/mol. The van der Waals surface area contributed by atoms with E-state index in [9.17, 15) is 13.2 Å². The smallest absolute Gasteiger partial charge is 0.406 e. The topological polar surface area (TPSA) is 35.2 Å². The highest BCUT2D eigenvalue weighted by Crippen LogP contribution is 2.35. The van der Waals surface area contributed by atoms with Crippen LogP contribution in [0.5, 0.6) is 5.75 Å². The zero-order valence-electron chi connectivity index (χ0n) is 14.3. The van der Waals surface area contributed by atoms with Crippen LogP contribution in [-0.2, 0) is 0 Å². The van der Waals surface area contributed by atoms with Crippen LogP contribution < -0.4 is 10.5 Å². The number of benzene rings is 3. The minimum absolute atomic E-state index is 0. The van der Waals surface area contributed by atoms with Gasteiger partial charge in [-0.3, -0.25) is 0 Å². The molecule has 0 saturated heterocycles. The van der Waals surface area contributed by atoms with Crippen LogP contribution in [0.25, 0.3) is 0 Å². The molecule has 0 fully saturated rings. The lowest BCUT2D eigenvalue weighted by atomic mass is 9.99. The highest BCUT2D eigenvalue weighted by atomic mass is 35.5. The Hall–Kier alpha value is -1.86. The van der Waals surface area contributed by atoms with Crippen molar-refractivity contribution in [1.82, 2.24) is 0 Å². The monoisotopic (exact) mass is 445 g/mol. The largest absolute Gasteiger partial charge is 0.573 e. The summed E-state index contributed by atoms with van der Waals surface area (Å²) in [5, 5.41) is 0.658. The second-order valence-corrected chi connectivity index (χ2v) is 7.24. The fraction of sp³-hybridized carbons (Fsp3) is 0.100. The van der Waals surface area contributed by atoms with E-state index in [1.54, 1.807) is 11.8 Å². The molecule has 1 atom stereocenters. The van der Waals surface area contributed by atoms with Gasteiger partial charge >= 0.3 is 6.36 Å². The minimum Gasteiger partial charge on any atom is -0.406 e. The molecule has 0 radical (unpaired) electrons. The van der Waals surface area contributed by atoms with Gasteiger partial charge in [-0.1, -0.05) is 53.7 Å². The highest BCUT2D eigenvalue weighted by molar-refractivity contribution is 7.99. The highest BCUT2D eigenvalue weighted by Gasteiger charge is 2.31. The minimum atomic E-state index is -4.72. The normalized spacial score (nSPS) is 12.2. The molecule has 2 N–H and O–H groups in total. The van der Waals surface area contributed by atoms with Gasteiger partial charge < -0.3 is 10.5 Å². The van der Waals surface area contributed by atoms with Crippen molar-refractivity contribution in [3.63, 3.8) is 0 Å². The standard InChI is InChI=1S/C20H15ClF3NOS.ClH/c21-14-7-11-16(12-8-14)27-18-4-2-1-3-17(18)19(25)13-5-9-15(10-6-13)26-20(22,23)24;/h1-12,19H,25H2;1H/t19-;/m0./s1. The maximum atomic E-state index is 12.3. The molecule has 0 aliphatic rings. The molecule has 148 valence electrons. The number of hydrogen-bond donors (Lipinski definition) is 1. The Morgan fingerprint density at radius 2 is 1.50 bits per heavy atom. The Morgan fingerprint density at radius 3 is 2.11 bits per heavy atom. The molecule has 0 aromatic heterocycles. The van der Waals surface area contributed by atoms with E-state index in [2.05, 4.69) is 4.74 Å². The first-order valence-electron chi connectivity index (χ1n) is 7.95. The van der Waals surface area contributed by atoms with E-state index in [1.807, 2.05) is 48.5 Å². The molecule has 0 bridgehead atoms. The first-order valence-corrected chi connectivity index (χ1v) is 9.15. The summed E-state index contributed by atoms with van der Waals surface area (Å²) in [6.45, 7) is 0. The fourth-order valence-corrected chi connectivity index (χ4v) is 3.63. The van der Waals surface area contributed by atoms with E-state index in [0.717, 1.165) is 15.4 Å². The second kappa shape index (κ2) is 9.56. The zero-order valence-corrected chi connectivity index (χ0v) is 16.7. The van der Waals surface area contributed by atoms with Gasteiger partial charge in [-0.25, -0.2) is 0 Å². The number of ether oxygens (including phenoxy) is 1. The maximum absolute atomic E-state index is 12.3. The van der Waals surface area contributed by atoms with Crippen LogP contribution in [0.1, 0.15) is 17.2 Å². The van der Waals surface area contributed by atoms with Crippen molar-refractivity contribution in [2.24, 2.45) is 5.73 Å². The Balaban J connectivity index is 0.00000280. The van der Waals surface area contributed by atoms with Gasteiger partial charge in [-0.15, -0.1) is 25.6 Å². The van der Waals surface area contributed by atoms with Crippen molar-refractivity contribution in [3.05, 3.63) is 88.9 Å². The van der Waals surface area contributed by atoms with Gasteiger partial charge in [0.05, 0.1) is 6.04 Å². The summed E-state index contributed by atoms with van der Waals surface area (Å²) in [4.78, 5) is 1.97. The molecule has 0 aliphatic carbocycles. The van der Waals surface area contributed by atoms with Gasteiger partial charge in [0.1, 0.15) is 5.75 Å². The fourth-order valence-electron chi connectivity index (χ4n) is 2.52. The van der Waals surface area contributed by atoms with Gasteiger partial charge in [0.2, 0.25) is 0 Å². The first kappa shape index (κ1) is 22.4. The Bertz CT molecular complexity index is 903. The molecule has 3 rings (SSSR count). The summed E-state index contributed by atoms with van der Waals surface area (Å²) >= 11 is 7.46. The average Bonchev–Trinajstić information content (AvgIpc) is 2.63. The predicted octanol–water partition coefficient (Wildman–Crippen LogP) is 6.86. The van der Waals surface area contributed by atoms with Crippen molar-refractivity contribution in [2.75, 3.05) is 0 Å². The predicted molar refractivity (Wildman–Crippen MR) is 108 cm³/mol.